The van der Waals surface area contributed by atoms with Gasteiger partial charge in [-0.15, -0.1) is 0 Å². The molecule has 0 radical (unpaired) electrons. The highest BCUT2D eigenvalue weighted by Crippen LogP contribution is 2.34. The largest absolute Gasteiger partial charge is 0.488 e. The average molecular weight is 470 g/mol. The lowest BCUT2D eigenvalue weighted by Gasteiger charge is -2.38. The van der Waals surface area contributed by atoms with Gasteiger partial charge in [0.25, 0.3) is 5.91 Å². The minimum absolute atomic E-state index is 0.0684. The second-order valence-electron chi connectivity index (χ2n) is 9.58. The molecule has 4 rings (SSSR count). The van der Waals surface area contributed by atoms with Crippen LogP contribution in [-0.4, -0.2) is 80.6 Å². The number of likely N-dealkylation sites (N-methyl/N-ethyl adjacent to an activating group) is 1. The Morgan fingerprint density at radius 1 is 1.09 bits per heavy atom. The lowest BCUT2D eigenvalue weighted by atomic mass is 9.99. The Balaban J connectivity index is 1.57. The molecule has 1 N–H and O–H groups in total. The molecule has 0 unspecified atom stereocenters. The number of aliphatic hydroxyl groups excluding tert-OH is 1. The highest BCUT2D eigenvalue weighted by Gasteiger charge is 2.33. The standard InChI is InChI=1S/C26H35N3O5/c1-17-12-29(18(2)15-30)26(31)21-11-20(27(3)4)7-9-22(21)34-25(17)14-28(5)13-19-6-8-23-24(10-19)33-16-32-23/h6-11,17-18,25,30H,12-16H2,1-5H3/t17-,18+,25+/m1/s1. The number of hydrogen-bond acceptors (Lipinski definition) is 7. The topological polar surface area (TPSA) is 74.7 Å². The van der Waals surface area contributed by atoms with Crippen LogP contribution >= 0.6 is 0 Å². The van der Waals surface area contributed by atoms with Gasteiger partial charge < -0.3 is 29.1 Å². The first-order valence-corrected chi connectivity index (χ1v) is 11.7. The number of amides is 1. The number of anilines is 1. The van der Waals surface area contributed by atoms with Gasteiger partial charge in [-0.3, -0.25) is 9.69 Å². The molecule has 34 heavy (non-hydrogen) atoms. The second-order valence-corrected chi connectivity index (χ2v) is 9.58. The minimum Gasteiger partial charge on any atom is -0.488 e. The number of ether oxygens (including phenoxy) is 3. The van der Waals surface area contributed by atoms with Crippen LogP contribution in [0.2, 0.25) is 0 Å². The number of fused-ring (bicyclic) bond motifs is 2. The molecule has 0 aromatic heterocycles. The quantitative estimate of drug-likeness (QED) is 0.668. The van der Waals surface area contributed by atoms with Crippen LogP contribution < -0.4 is 19.1 Å². The molecule has 8 nitrogen and oxygen atoms in total. The molecule has 0 saturated heterocycles. The summed E-state index contributed by atoms with van der Waals surface area (Å²) in [6.07, 6.45) is -0.135. The molecular formula is C26H35N3O5. The van der Waals surface area contributed by atoms with E-state index >= 15 is 0 Å². The molecule has 0 spiro atoms. The molecule has 0 aliphatic carbocycles. The van der Waals surface area contributed by atoms with Gasteiger partial charge in [0.05, 0.1) is 18.2 Å². The zero-order valence-electron chi connectivity index (χ0n) is 20.7. The molecule has 184 valence electrons. The van der Waals surface area contributed by atoms with Crippen molar-refractivity contribution < 1.29 is 24.1 Å². The summed E-state index contributed by atoms with van der Waals surface area (Å²) in [5, 5.41) is 9.83. The number of hydrogen-bond donors (Lipinski definition) is 1. The second kappa shape index (κ2) is 10.1. The SMILES string of the molecule is C[C@@H]1CN([C@@H](C)CO)C(=O)c2cc(N(C)C)ccc2O[C@H]1CN(C)Cc1ccc2c(c1)OCO2. The van der Waals surface area contributed by atoms with E-state index in [1.54, 1.807) is 4.90 Å². The van der Waals surface area contributed by atoms with Crippen LogP contribution in [0.3, 0.4) is 0 Å². The number of aliphatic hydroxyl groups is 1. The molecule has 2 aromatic rings. The first-order chi connectivity index (χ1) is 16.3. The van der Waals surface area contributed by atoms with Crippen LogP contribution in [0.1, 0.15) is 29.8 Å². The van der Waals surface area contributed by atoms with E-state index in [0.29, 0.717) is 24.4 Å². The third-order valence-electron chi connectivity index (χ3n) is 6.55. The summed E-state index contributed by atoms with van der Waals surface area (Å²) >= 11 is 0. The normalized spacial score (nSPS) is 20.4. The summed E-state index contributed by atoms with van der Waals surface area (Å²) in [7, 11) is 5.95. The van der Waals surface area contributed by atoms with E-state index in [1.807, 2.05) is 62.3 Å². The Labute approximate surface area is 201 Å². The van der Waals surface area contributed by atoms with Crippen molar-refractivity contribution in [1.82, 2.24) is 9.80 Å². The molecule has 0 bridgehead atoms. The Hall–Kier alpha value is -2.97. The number of nitrogens with zero attached hydrogens (tertiary/aromatic N) is 3. The van der Waals surface area contributed by atoms with Crippen molar-refractivity contribution in [3.8, 4) is 17.2 Å². The van der Waals surface area contributed by atoms with Gasteiger partial charge in [0.15, 0.2) is 11.5 Å². The maximum atomic E-state index is 13.5. The average Bonchev–Trinajstić information content (AvgIpc) is 3.28. The number of carbonyl (C=O) groups excluding carboxylic acids is 1. The van der Waals surface area contributed by atoms with Gasteiger partial charge in [-0.2, -0.15) is 0 Å². The van der Waals surface area contributed by atoms with E-state index in [2.05, 4.69) is 18.9 Å². The Bertz CT molecular complexity index is 1030. The van der Waals surface area contributed by atoms with Gasteiger partial charge >= 0.3 is 0 Å². The Morgan fingerprint density at radius 2 is 1.82 bits per heavy atom. The molecule has 8 heteroatoms. The molecule has 2 aromatic carbocycles. The number of rotatable bonds is 7. The third kappa shape index (κ3) is 5.08. The van der Waals surface area contributed by atoms with Crippen LogP contribution in [0.5, 0.6) is 17.2 Å². The molecule has 2 heterocycles. The van der Waals surface area contributed by atoms with Gasteiger partial charge in [-0.1, -0.05) is 13.0 Å². The first-order valence-electron chi connectivity index (χ1n) is 11.7. The van der Waals surface area contributed by atoms with Crippen molar-refractivity contribution in [3.05, 3.63) is 47.5 Å². The van der Waals surface area contributed by atoms with Gasteiger partial charge in [0.2, 0.25) is 6.79 Å². The zero-order valence-corrected chi connectivity index (χ0v) is 20.7. The molecule has 0 fully saturated rings. The molecular weight excluding hydrogens is 434 g/mol. The highest BCUT2D eigenvalue weighted by molar-refractivity contribution is 5.98. The van der Waals surface area contributed by atoms with E-state index in [-0.39, 0.29) is 37.4 Å². The van der Waals surface area contributed by atoms with Gasteiger partial charge in [0, 0.05) is 45.3 Å². The third-order valence-corrected chi connectivity index (χ3v) is 6.55. The zero-order chi connectivity index (χ0) is 24.4. The van der Waals surface area contributed by atoms with Crippen molar-refractivity contribution in [1.29, 1.82) is 0 Å². The van der Waals surface area contributed by atoms with Crippen molar-refractivity contribution >= 4 is 11.6 Å². The molecule has 3 atom stereocenters. The minimum atomic E-state index is -0.282. The summed E-state index contributed by atoms with van der Waals surface area (Å²) in [6, 6.07) is 11.4. The molecule has 2 aliphatic rings. The van der Waals surface area contributed by atoms with Crippen molar-refractivity contribution in [2.75, 3.05) is 52.5 Å². The van der Waals surface area contributed by atoms with Crippen LogP contribution in [0.25, 0.3) is 0 Å². The fourth-order valence-corrected chi connectivity index (χ4v) is 4.43. The smallest absolute Gasteiger partial charge is 0.258 e. The van der Waals surface area contributed by atoms with E-state index in [4.69, 9.17) is 14.2 Å². The van der Waals surface area contributed by atoms with E-state index < -0.39 is 0 Å². The molecule has 1 amide bonds. The summed E-state index contributed by atoms with van der Waals surface area (Å²) in [5.74, 6) is 2.09. The number of benzene rings is 2. The van der Waals surface area contributed by atoms with Crippen molar-refractivity contribution in [2.24, 2.45) is 5.92 Å². The number of carbonyl (C=O) groups is 1. The monoisotopic (exact) mass is 469 g/mol. The predicted octanol–water partition coefficient (Wildman–Crippen LogP) is 2.83. The fraction of sp³-hybridized carbons (Fsp3) is 0.500. The Morgan fingerprint density at radius 3 is 2.56 bits per heavy atom. The molecule has 2 aliphatic heterocycles. The van der Waals surface area contributed by atoms with Crippen LogP contribution in [0.15, 0.2) is 36.4 Å². The lowest BCUT2D eigenvalue weighted by molar-refractivity contribution is 0.0341. The molecule has 0 saturated carbocycles. The predicted molar refractivity (Wildman–Crippen MR) is 131 cm³/mol. The van der Waals surface area contributed by atoms with Crippen molar-refractivity contribution in [2.45, 2.75) is 32.5 Å². The van der Waals surface area contributed by atoms with Crippen LogP contribution in [-0.2, 0) is 6.54 Å². The summed E-state index contributed by atoms with van der Waals surface area (Å²) in [6.45, 7) is 6.07. The summed E-state index contributed by atoms with van der Waals surface area (Å²) < 4.78 is 17.4. The van der Waals surface area contributed by atoms with Crippen LogP contribution in [0, 0.1) is 5.92 Å². The maximum Gasteiger partial charge on any atom is 0.258 e. The van der Waals surface area contributed by atoms with E-state index in [1.165, 1.54) is 0 Å². The lowest BCUT2D eigenvalue weighted by Crippen LogP contribution is -2.49. The van der Waals surface area contributed by atoms with Gasteiger partial charge in [0.1, 0.15) is 11.9 Å². The van der Waals surface area contributed by atoms with Gasteiger partial charge in [-0.05, 0) is 49.9 Å². The summed E-state index contributed by atoms with van der Waals surface area (Å²) in [5.41, 5.74) is 2.59. The van der Waals surface area contributed by atoms with Gasteiger partial charge in [-0.25, -0.2) is 0 Å². The maximum absolute atomic E-state index is 13.5. The van der Waals surface area contributed by atoms with E-state index in [0.717, 1.165) is 29.3 Å². The van der Waals surface area contributed by atoms with Crippen LogP contribution in [0.4, 0.5) is 5.69 Å². The Kier molecular flexibility index (Phi) is 7.19. The first kappa shape index (κ1) is 24.2. The van der Waals surface area contributed by atoms with Crippen molar-refractivity contribution in [3.63, 3.8) is 0 Å². The highest BCUT2D eigenvalue weighted by atomic mass is 16.7. The summed E-state index contributed by atoms with van der Waals surface area (Å²) in [4.78, 5) is 19.4. The van der Waals surface area contributed by atoms with E-state index in [9.17, 15) is 9.90 Å². The fourth-order valence-electron chi connectivity index (χ4n) is 4.43.